The van der Waals surface area contributed by atoms with Crippen LogP contribution in [0, 0.1) is 6.92 Å². The number of nitrogens with one attached hydrogen (secondary N) is 1. The smallest absolute Gasteiger partial charge is 0.331 e. The van der Waals surface area contributed by atoms with Gasteiger partial charge in [0.25, 0.3) is 5.91 Å². The summed E-state index contributed by atoms with van der Waals surface area (Å²) in [6.07, 6.45) is 5.97. The van der Waals surface area contributed by atoms with E-state index in [0.29, 0.717) is 11.8 Å². The van der Waals surface area contributed by atoms with Crippen molar-refractivity contribution in [1.82, 2.24) is 5.32 Å². The van der Waals surface area contributed by atoms with Gasteiger partial charge in [-0.1, -0.05) is 31.4 Å². The third kappa shape index (κ3) is 6.56. The Hall–Kier alpha value is -2.61. The number of ether oxygens (including phenoxy) is 2. The molecule has 1 aromatic rings. The molecular weight excluding hydrogens is 366 g/mol. The van der Waals surface area contributed by atoms with Gasteiger partial charge < -0.3 is 9.47 Å². The number of carbonyl (C=O) groups is 2. The van der Waals surface area contributed by atoms with Crippen LogP contribution in [-0.2, 0) is 14.3 Å². The van der Waals surface area contributed by atoms with Gasteiger partial charge in [-0.05, 0) is 37.2 Å². The second kappa shape index (κ2) is 10.5. The van der Waals surface area contributed by atoms with Gasteiger partial charge in [-0.3, -0.25) is 10.1 Å². The topological polar surface area (TPSA) is 89.4 Å². The Morgan fingerprint density at radius 2 is 2.15 bits per heavy atom. The number of carbonyl (C=O) groups excluding carboxylic acids is 2. The molecule has 8 heteroatoms. The fourth-order valence-electron chi connectivity index (χ4n) is 2.22. The van der Waals surface area contributed by atoms with Gasteiger partial charge in [0.05, 0.1) is 24.8 Å². The number of methoxy groups -OCH3 is 1. The zero-order valence-electron chi connectivity index (χ0n) is 15.7. The molecule has 0 bridgehead atoms. The van der Waals surface area contributed by atoms with E-state index in [1.807, 2.05) is 25.1 Å². The summed E-state index contributed by atoms with van der Waals surface area (Å²) in [6.45, 7) is 4.79. The third-order valence-electron chi connectivity index (χ3n) is 3.62. The largest absolute Gasteiger partial charge is 0.493 e. The predicted octanol–water partition coefficient (Wildman–Crippen LogP) is 3.17. The standard InChI is InChI=1S/C19H23N3O4S/c1-4-5-6-9-26-15-8-7-13(2)10-14(15)12-20-22-19-21-18(24)16(27-19)11-17(23)25-3/h7-8,10-12H,4-6,9H2,1-3H3,(H,21,22,24)/b16-11+,20-12?. The van der Waals surface area contributed by atoms with E-state index in [-0.39, 0.29) is 4.91 Å². The van der Waals surface area contributed by atoms with E-state index in [2.05, 4.69) is 27.2 Å². The van der Waals surface area contributed by atoms with Crippen molar-refractivity contribution in [3.05, 3.63) is 40.3 Å². The molecule has 27 heavy (non-hydrogen) atoms. The van der Waals surface area contributed by atoms with Crippen LogP contribution in [0.3, 0.4) is 0 Å². The molecule has 0 radical (unpaired) electrons. The average molecular weight is 389 g/mol. The first-order valence-electron chi connectivity index (χ1n) is 8.66. The molecule has 1 amide bonds. The molecule has 0 saturated carbocycles. The Morgan fingerprint density at radius 1 is 1.33 bits per heavy atom. The zero-order chi connectivity index (χ0) is 19.6. The average Bonchev–Trinajstić information content (AvgIpc) is 2.99. The molecule has 1 N–H and O–H groups in total. The van der Waals surface area contributed by atoms with Crippen molar-refractivity contribution in [3.63, 3.8) is 0 Å². The highest BCUT2D eigenvalue weighted by molar-refractivity contribution is 8.18. The number of hydrogen-bond acceptors (Lipinski definition) is 7. The van der Waals surface area contributed by atoms with Crippen LogP contribution in [0.25, 0.3) is 0 Å². The van der Waals surface area contributed by atoms with Crippen LogP contribution in [0.5, 0.6) is 5.75 Å². The summed E-state index contributed by atoms with van der Waals surface area (Å²) in [5.74, 6) is -0.257. The normalized spacial score (nSPS) is 16.9. The van der Waals surface area contributed by atoms with Gasteiger partial charge in [-0.25, -0.2) is 4.79 Å². The van der Waals surface area contributed by atoms with Crippen molar-refractivity contribution in [2.24, 2.45) is 10.2 Å². The van der Waals surface area contributed by atoms with Crippen LogP contribution in [0.15, 0.2) is 39.4 Å². The molecule has 0 atom stereocenters. The lowest BCUT2D eigenvalue weighted by Crippen LogP contribution is -2.19. The van der Waals surface area contributed by atoms with Crippen molar-refractivity contribution in [2.45, 2.75) is 33.1 Å². The van der Waals surface area contributed by atoms with E-state index in [9.17, 15) is 9.59 Å². The minimum Gasteiger partial charge on any atom is -0.493 e. The van der Waals surface area contributed by atoms with Gasteiger partial charge >= 0.3 is 5.97 Å². The van der Waals surface area contributed by atoms with Crippen molar-refractivity contribution in [2.75, 3.05) is 13.7 Å². The molecule has 1 fully saturated rings. The molecule has 1 aliphatic heterocycles. The van der Waals surface area contributed by atoms with Gasteiger partial charge in [0.2, 0.25) is 0 Å². The first-order chi connectivity index (χ1) is 13.0. The van der Waals surface area contributed by atoms with Gasteiger partial charge in [0.1, 0.15) is 5.75 Å². The number of amides is 1. The lowest BCUT2D eigenvalue weighted by atomic mass is 10.1. The van der Waals surface area contributed by atoms with Gasteiger partial charge in [0, 0.05) is 11.6 Å². The van der Waals surface area contributed by atoms with E-state index in [4.69, 9.17) is 4.74 Å². The maximum atomic E-state index is 11.8. The molecule has 0 aliphatic carbocycles. The first kappa shape index (κ1) is 20.7. The number of benzene rings is 1. The minimum atomic E-state index is -0.595. The quantitative estimate of drug-likeness (QED) is 0.242. The number of thioether (sulfide) groups is 1. The molecule has 0 aromatic heterocycles. The fourth-order valence-corrected chi connectivity index (χ4v) is 2.96. The molecule has 1 aromatic carbocycles. The van der Waals surface area contributed by atoms with E-state index in [1.54, 1.807) is 6.21 Å². The van der Waals surface area contributed by atoms with Crippen LogP contribution in [0.2, 0.25) is 0 Å². The number of aryl methyl sites for hydroxylation is 1. The Labute approximate surface area is 162 Å². The third-order valence-corrected chi connectivity index (χ3v) is 4.52. The molecular formula is C19H23N3O4S. The highest BCUT2D eigenvalue weighted by atomic mass is 32.2. The summed E-state index contributed by atoms with van der Waals surface area (Å²) in [4.78, 5) is 23.2. The van der Waals surface area contributed by atoms with Crippen molar-refractivity contribution < 1.29 is 19.1 Å². The Morgan fingerprint density at radius 3 is 2.89 bits per heavy atom. The lowest BCUT2D eigenvalue weighted by molar-refractivity contribution is -0.135. The first-order valence-corrected chi connectivity index (χ1v) is 9.48. The number of nitrogens with zero attached hydrogens (tertiary/aromatic N) is 2. The second-order valence-corrected chi connectivity index (χ2v) is 6.87. The molecule has 7 nitrogen and oxygen atoms in total. The lowest BCUT2D eigenvalue weighted by Gasteiger charge is -2.09. The highest BCUT2D eigenvalue weighted by Crippen LogP contribution is 2.24. The SMILES string of the molecule is CCCCCOc1ccc(C)cc1C=N/N=C1/NC(=O)/C(=C\C(=O)OC)S1. The van der Waals surface area contributed by atoms with Gasteiger partial charge in [0.15, 0.2) is 5.17 Å². The summed E-state index contributed by atoms with van der Waals surface area (Å²) in [5, 5.41) is 10.9. The van der Waals surface area contributed by atoms with Crippen LogP contribution in [0.4, 0.5) is 0 Å². The van der Waals surface area contributed by atoms with Crippen LogP contribution < -0.4 is 10.1 Å². The molecule has 0 spiro atoms. The minimum absolute atomic E-state index is 0.214. The van der Waals surface area contributed by atoms with Crippen LogP contribution in [0.1, 0.15) is 37.3 Å². The monoisotopic (exact) mass is 389 g/mol. The van der Waals surface area contributed by atoms with Gasteiger partial charge in [-0.15, -0.1) is 5.10 Å². The number of amidine groups is 1. The summed E-state index contributed by atoms with van der Waals surface area (Å²) in [7, 11) is 1.25. The summed E-state index contributed by atoms with van der Waals surface area (Å²) >= 11 is 1.03. The molecule has 144 valence electrons. The maximum Gasteiger partial charge on any atom is 0.331 e. The van der Waals surface area contributed by atoms with Crippen LogP contribution in [-0.4, -0.2) is 37.0 Å². The van der Waals surface area contributed by atoms with Crippen molar-refractivity contribution in [3.8, 4) is 5.75 Å². The van der Waals surface area contributed by atoms with E-state index < -0.39 is 11.9 Å². The fraction of sp³-hybridized carbons (Fsp3) is 0.368. The summed E-state index contributed by atoms with van der Waals surface area (Å²) in [6, 6.07) is 5.86. The van der Waals surface area contributed by atoms with E-state index in [1.165, 1.54) is 7.11 Å². The Kier molecular flexibility index (Phi) is 8.06. The molecule has 1 aliphatic rings. The number of hydrogen-bond donors (Lipinski definition) is 1. The molecule has 0 unspecified atom stereocenters. The summed E-state index contributed by atoms with van der Waals surface area (Å²) in [5.41, 5.74) is 1.90. The van der Waals surface area contributed by atoms with Crippen molar-refractivity contribution in [1.29, 1.82) is 0 Å². The zero-order valence-corrected chi connectivity index (χ0v) is 16.5. The Balaban J connectivity index is 2.06. The molecule has 1 heterocycles. The molecule has 2 rings (SSSR count). The number of esters is 1. The van der Waals surface area contributed by atoms with Crippen LogP contribution >= 0.6 is 11.8 Å². The predicted molar refractivity (Wildman–Crippen MR) is 107 cm³/mol. The van der Waals surface area contributed by atoms with Crippen molar-refractivity contribution >= 4 is 35.0 Å². The van der Waals surface area contributed by atoms with Gasteiger partial charge in [-0.2, -0.15) is 5.10 Å². The maximum absolute atomic E-state index is 11.8. The second-order valence-electron chi connectivity index (χ2n) is 5.83. The Bertz CT molecular complexity index is 787. The number of unbranched alkanes of at least 4 members (excludes halogenated alkanes) is 2. The summed E-state index contributed by atoms with van der Waals surface area (Å²) < 4.78 is 10.3. The molecule has 1 saturated heterocycles. The van der Waals surface area contributed by atoms with E-state index in [0.717, 1.165) is 54.0 Å². The number of rotatable bonds is 8. The highest BCUT2D eigenvalue weighted by Gasteiger charge is 2.25. The van der Waals surface area contributed by atoms with E-state index >= 15 is 0 Å².